The van der Waals surface area contributed by atoms with E-state index in [0.717, 1.165) is 44.3 Å². The summed E-state index contributed by atoms with van der Waals surface area (Å²) in [5.74, 6) is -0.335. The maximum absolute atomic E-state index is 14.4. The fourth-order valence-electron chi connectivity index (χ4n) is 5.93. The number of nitrogens with one attached hydrogen (secondary N) is 1. The highest BCUT2D eigenvalue weighted by molar-refractivity contribution is 7.09. The summed E-state index contributed by atoms with van der Waals surface area (Å²) in [6, 6.07) is 24.8. The molecule has 9 nitrogen and oxygen atoms in total. The number of likely N-dealkylation sites (N-methyl/N-ethyl adjacent to an activating group) is 1. The lowest BCUT2D eigenvalue weighted by Gasteiger charge is -2.38. The summed E-state index contributed by atoms with van der Waals surface area (Å²) in [4.78, 5) is 42.8. The van der Waals surface area contributed by atoms with Gasteiger partial charge in [-0.3, -0.25) is 14.6 Å². The van der Waals surface area contributed by atoms with Crippen molar-refractivity contribution in [3.63, 3.8) is 0 Å². The zero-order chi connectivity index (χ0) is 36.9. The molecule has 0 fully saturated rings. The lowest BCUT2D eigenvalue weighted by molar-refractivity contribution is 0.0593. The minimum Gasteiger partial charge on any atom is -0.388 e. The molecule has 5 rings (SSSR count). The van der Waals surface area contributed by atoms with Crippen molar-refractivity contribution in [1.82, 2.24) is 20.2 Å². The van der Waals surface area contributed by atoms with Gasteiger partial charge in [-0.05, 0) is 78.4 Å². The van der Waals surface area contributed by atoms with Crippen molar-refractivity contribution in [2.24, 2.45) is 0 Å². The molecule has 0 aliphatic rings. The average Bonchev–Trinajstić information content (AvgIpc) is 3.55. The number of anilines is 2. The van der Waals surface area contributed by atoms with Crippen LogP contribution in [0.3, 0.4) is 0 Å². The van der Waals surface area contributed by atoms with Gasteiger partial charge >= 0.3 is 0 Å². The van der Waals surface area contributed by atoms with Crippen molar-refractivity contribution in [3.8, 4) is 11.1 Å². The van der Waals surface area contributed by atoms with E-state index in [0.29, 0.717) is 23.6 Å². The molecule has 2 heterocycles. The van der Waals surface area contributed by atoms with Gasteiger partial charge in [-0.25, -0.2) is 4.98 Å². The first-order valence-corrected chi connectivity index (χ1v) is 17.9. The van der Waals surface area contributed by atoms with Crippen molar-refractivity contribution in [2.45, 2.75) is 51.8 Å². The standard InChI is InChI=1S/C41H48N6O3S/c1-27(2)33-21-36(23-42-22-33)46(7)24-37(48)41(4,34-12-10-9-11-13-34)44-39(49)31-18-30(29-14-16-35(17-15-29)45(5)6)19-32(20-31)40(50)47(8)25-38-43-28(3)26-51-38/h9-23,26-27,37,48H,24-25H2,1-8H3,(H,44,49)/t37-,41+/m1/s1. The van der Waals surface area contributed by atoms with Crippen molar-refractivity contribution < 1.29 is 14.7 Å². The van der Waals surface area contributed by atoms with Gasteiger partial charge in [0.1, 0.15) is 5.01 Å². The smallest absolute Gasteiger partial charge is 0.254 e. The molecule has 51 heavy (non-hydrogen) atoms. The van der Waals surface area contributed by atoms with Crippen molar-refractivity contribution >= 4 is 34.5 Å². The first-order chi connectivity index (χ1) is 24.2. The van der Waals surface area contributed by atoms with E-state index < -0.39 is 17.6 Å². The molecule has 266 valence electrons. The molecule has 0 saturated carbocycles. The Kier molecular flexibility index (Phi) is 11.6. The number of nitrogens with zero attached hydrogens (tertiary/aromatic N) is 5. The maximum atomic E-state index is 14.4. The molecule has 0 bridgehead atoms. The number of thiazole rings is 1. The first-order valence-electron chi connectivity index (χ1n) is 17.1. The van der Waals surface area contributed by atoms with E-state index in [1.807, 2.05) is 117 Å². The van der Waals surface area contributed by atoms with Crippen molar-refractivity contribution in [3.05, 3.63) is 130 Å². The predicted molar refractivity (Wildman–Crippen MR) is 208 cm³/mol. The van der Waals surface area contributed by atoms with E-state index in [9.17, 15) is 14.7 Å². The molecule has 2 N–H and O–H groups in total. The summed E-state index contributed by atoms with van der Waals surface area (Å²) in [6.07, 6.45) is 2.61. The summed E-state index contributed by atoms with van der Waals surface area (Å²) >= 11 is 1.51. The molecule has 0 aliphatic heterocycles. The van der Waals surface area contributed by atoms with Gasteiger partial charge in [0, 0.05) is 68.8 Å². The van der Waals surface area contributed by atoms with Gasteiger partial charge in [0.2, 0.25) is 0 Å². The molecule has 0 spiro atoms. The van der Waals surface area contributed by atoms with Gasteiger partial charge in [-0.2, -0.15) is 0 Å². The van der Waals surface area contributed by atoms with E-state index in [1.165, 1.54) is 11.3 Å². The zero-order valence-electron chi connectivity index (χ0n) is 30.7. The number of amides is 2. The van der Waals surface area contributed by atoms with Crippen LogP contribution in [-0.4, -0.2) is 72.6 Å². The molecule has 0 saturated heterocycles. The predicted octanol–water partition coefficient (Wildman–Crippen LogP) is 7.12. The normalized spacial score (nSPS) is 13.0. The second-order valence-corrected chi connectivity index (χ2v) is 14.8. The van der Waals surface area contributed by atoms with E-state index in [-0.39, 0.29) is 12.5 Å². The maximum Gasteiger partial charge on any atom is 0.254 e. The summed E-state index contributed by atoms with van der Waals surface area (Å²) in [5, 5.41) is 17.9. The number of hydrogen-bond acceptors (Lipinski definition) is 8. The van der Waals surface area contributed by atoms with Gasteiger partial charge in [0.05, 0.1) is 30.1 Å². The number of hydrogen-bond donors (Lipinski definition) is 2. The monoisotopic (exact) mass is 704 g/mol. The third kappa shape index (κ3) is 8.82. The largest absolute Gasteiger partial charge is 0.388 e. The van der Waals surface area contributed by atoms with Gasteiger partial charge in [0.25, 0.3) is 11.8 Å². The molecule has 5 aromatic rings. The van der Waals surface area contributed by atoms with Crippen LogP contribution in [0.5, 0.6) is 0 Å². The van der Waals surface area contributed by atoms with E-state index in [1.54, 1.807) is 30.3 Å². The Balaban J connectivity index is 1.50. The number of aliphatic hydroxyl groups is 1. The number of carbonyl (C=O) groups is 2. The van der Waals surface area contributed by atoms with Gasteiger partial charge in [-0.15, -0.1) is 11.3 Å². The SMILES string of the molecule is Cc1csc(CN(C)C(=O)c2cc(C(=O)N[C@@](C)(c3ccccc3)[C@H](O)CN(C)c3cncc(C(C)C)c3)cc(-c3ccc(N(C)C)cc3)c2)n1. The summed E-state index contributed by atoms with van der Waals surface area (Å²) in [5.41, 5.74) is 5.76. The number of carbonyl (C=O) groups excluding carboxylic acids is 2. The molecule has 0 radical (unpaired) electrons. The van der Waals surface area contributed by atoms with Crippen molar-refractivity contribution in [2.75, 3.05) is 44.5 Å². The number of aliphatic hydroxyl groups excluding tert-OH is 1. The summed E-state index contributed by atoms with van der Waals surface area (Å²) in [6.45, 7) is 8.56. The Morgan fingerprint density at radius 1 is 0.882 bits per heavy atom. The van der Waals surface area contributed by atoms with Crippen LogP contribution in [0.15, 0.2) is 96.6 Å². The number of aromatic nitrogens is 2. The van der Waals surface area contributed by atoms with Crippen molar-refractivity contribution in [1.29, 1.82) is 0 Å². The second kappa shape index (κ2) is 15.9. The van der Waals surface area contributed by atoms with Gasteiger partial charge < -0.3 is 25.1 Å². The molecule has 0 aliphatic carbocycles. The van der Waals surface area contributed by atoms with Gasteiger partial charge in [-0.1, -0.05) is 56.3 Å². The van der Waals surface area contributed by atoms with Crippen LogP contribution in [0.2, 0.25) is 0 Å². The molecular formula is C41H48N6O3S. The first kappa shape index (κ1) is 37.2. The minimum absolute atomic E-state index is 0.220. The molecule has 10 heteroatoms. The molecular weight excluding hydrogens is 657 g/mol. The lowest BCUT2D eigenvalue weighted by atomic mass is 9.85. The Morgan fingerprint density at radius 3 is 2.20 bits per heavy atom. The third-order valence-electron chi connectivity index (χ3n) is 9.26. The Bertz CT molecular complexity index is 1960. The van der Waals surface area contributed by atoms with Crippen LogP contribution >= 0.6 is 11.3 Å². The number of rotatable bonds is 13. The zero-order valence-corrected chi connectivity index (χ0v) is 31.5. The fourth-order valence-corrected chi connectivity index (χ4v) is 6.75. The Morgan fingerprint density at radius 2 is 1.57 bits per heavy atom. The van der Waals surface area contributed by atoms with E-state index in [4.69, 9.17) is 0 Å². The van der Waals surface area contributed by atoms with Crippen LogP contribution in [0.25, 0.3) is 11.1 Å². The number of benzene rings is 3. The highest BCUT2D eigenvalue weighted by Crippen LogP contribution is 2.30. The van der Waals surface area contributed by atoms with E-state index in [2.05, 4.69) is 35.2 Å². The van der Waals surface area contributed by atoms with Crippen LogP contribution in [0.1, 0.15) is 69.2 Å². The quantitative estimate of drug-likeness (QED) is 0.135. The van der Waals surface area contributed by atoms with Gasteiger partial charge in [0.15, 0.2) is 0 Å². The molecule has 3 aromatic carbocycles. The topological polar surface area (TPSA) is 102 Å². The lowest BCUT2D eigenvalue weighted by Crippen LogP contribution is -2.55. The summed E-state index contributed by atoms with van der Waals surface area (Å²) < 4.78 is 0. The van der Waals surface area contributed by atoms with E-state index >= 15 is 0 Å². The number of aryl methyl sites for hydroxylation is 1. The molecule has 2 amide bonds. The van der Waals surface area contributed by atoms with Crippen LogP contribution in [0.4, 0.5) is 11.4 Å². The summed E-state index contributed by atoms with van der Waals surface area (Å²) in [7, 11) is 7.60. The molecule has 0 unspecified atom stereocenters. The highest BCUT2D eigenvalue weighted by atomic mass is 32.1. The number of pyridine rings is 1. The fraction of sp³-hybridized carbons (Fsp3) is 0.317. The Hall–Kier alpha value is -5.06. The third-order valence-corrected chi connectivity index (χ3v) is 10.2. The second-order valence-electron chi connectivity index (χ2n) is 13.8. The highest BCUT2D eigenvalue weighted by Gasteiger charge is 2.38. The minimum atomic E-state index is -1.19. The van der Waals surface area contributed by atoms with Crippen LogP contribution in [-0.2, 0) is 12.1 Å². The Labute approximate surface area is 305 Å². The van der Waals surface area contributed by atoms with Crippen LogP contribution in [0, 0.1) is 6.92 Å². The van der Waals surface area contributed by atoms with Crippen LogP contribution < -0.4 is 15.1 Å². The molecule has 2 aromatic heterocycles. The average molecular weight is 705 g/mol. The molecule has 2 atom stereocenters.